The van der Waals surface area contributed by atoms with Gasteiger partial charge in [0, 0.05) is 10.8 Å². The van der Waals surface area contributed by atoms with Crippen LogP contribution in [0.15, 0.2) is 54.6 Å². The molecule has 0 spiro atoms. The van der Waals surface area contributed by atoms with Gasteiger partial charge >= 0.3 is 0 Å². The highest BCUT2D eigenvalue weighted by atomic mass is 14.8. The van der Waals surface area contributed by atoms with E-state index in [4.69, 9.17) is 0 Å². The standard InChI is InChI=1S/C13H9N.C3H9N/c1-3-7-12-10(5-1)9-11-6-2-4-8-13(11)14-12;1-3-4-2/h1-9H;4H,3H2,1-2H3. The first kappa shape index (κ1) is 12.5. The van der Waals surface area contributed by atoms with E-state index in [9.17, 15) is 0 Å². The lowest BCUT2D eigenvalue weighted by Gasteiger charge is -1.99. The minimum Gasteiger partial charge on any atom is -0.320 e. The second kappa shape index (κ2) is 6.12. The van der Waals surface area contributed by atoms with Gasteiger partial charge in [0.1, 0.15) is 0 Å². The van der Waals surface area contributed by atoms with Crippen LogP contribution in [0.5, 0.6) is 0 Å². The zero-order chi connectivity index (χ0) is 12.8. The summed E-state index contributed by atoms with van der Waals surface area (Å²) in [6.07, 6.45) is 0. The minimum atomic E-state index is 1.06. The Bertz CT molecular complexity index is 525. The Kier molecular flexibility index (Phi) is 4.26. The first-order chi connectivity index (χ1) is 8.85. The minimum absolute atomic E-state index is 1.06. The third-order valence-electron chi connectivity index (χ3n) is 2.78. The molecule has 0 bridgehead atoms. The van der Waals surface area contributed by atoms with E-state index in [0.717, 1.165) is 17.6 Å². The number of benzene rings is 2. The van der Waals surface area contributed by atoms with Crippen molar-refractivity contribution in [1.82, 2.24) is 10.3 Å². The molecule has 0 amide bonds. The SMILES string of the molecule is CCNC.c1ccc2nc3ccccc3cc2c1. The fourth-order valence-corrected chi connectivity index (χ4v) is 1.72. The first-order valence-corrected chi connectivity index (χ1v) is 6.24. The lowest BCUT2D eigenvalue weighted by atomic mass is 10.1. The van der Waals surface area contributed by atoms with Gasteiger partial charge in [-0.2, -0.15) is 0 Å². The Morgan fingerprint density at radius 2 is 1.33 bits per heavy atom. The van der Waals surface area contributed by atoms with Crippen molar-refractivity contribution in [3.8, 4) is 0 Å². The van der Waals surface area contributed by atoms with Crippen LogP contribution in [0.25, 0.3) is 21.8 Å². The molecular weight excluding hydrogens is 220 g/mol. The molecule has 0 aliphatic heterocycles. The number of aromatic nitrogens is 1. The number of hydrogen-bond donors (Lipinski definition) is 1. The van der Waals surface area contributed by atoms with E-state index < -0.39 is 0 Å². The molecule has 18 heavy (non-hydrogen) atoms. The van der Waals surface area contributed by atoms with Gasteiger partial charge in [-0.25, -0.2) is 4.98 Å². The van der Waals surface area contributed by atoms with E-state index in [1.807, 2.05) is 43.4 Å². The summed E-state index contributed by atoms with van der Waals surface area (Å²) < 4.78 is 0. The molecule has 1 heterocycles. The van der Waals surface area contributed by atoms with Crippen molar-refractivity contribution < 1.29 is 0 Å². The summed E-state index contributed by atoms with van der Waals surface area (Å²) in [4.78, 5) is 4.58. The van der Waals surface area contributed by atoms with Gasteiger partial charge < -0.3 is 5.32 Å². The molecule has 2 aromatic carbocycles. The van der Waals surface area contributed by atoms with Crippen LogP contribution < -0.4 is 5.32 Å². The molecule has 1 N–H and O–H groups in total. The van der Waals surface area contributed by atoms with Crippen molar-refractivity contribution in [2.45, 2.75) is 6.92 Å². The van der Waals surface area contributed by atoms with Crippen LogP contribution in [0.3, 0.4) is 0 Å². The van der Waals surface area contributed by atoms with Crippen LogP contribution in [-0.4, -0.2) is 18.6 Å². The Morgan fingerprint density at radius 3 is 1.78 bits per heavy atom. The maximum atomic E-state index is 4.58. The van der Waals surface area contributed by atoms with Gasteiger partial charge in [-0.15, -0.1) is 0 Å². The summed E-state index contributed by atoms with van der Waals surface area (Å²) in [7, 11) is 1.93. The highest BCUT2D eigenvalue weighted by Gasteiger charge is 1.96. The monoisotopic (exact) mass is 238 g/mol. The second-order valence-corrected chi connectivity index (χ2v) is 4.08. The van der Waals surface area contributed by atoms with Crippen LogP contribution in [0.2, 0.25) is 0 Å². The van der Waals surface area contributed by atoms with Gasteiger partial charge in [0.25, 0.3) is 0 Å². The van der Waals surface area contributed by atoms with E-state index in [1.165, 1.54) is 10.8 Å². The summed E-state index contributed by atoms with van der Waals surface area (Å²) in [6.45, 7) is 3.14. The Morgan fingerprint density at radius 1 is 0.889 bits per heavy atom. The van der Waals surface area contributed by atoms with Gasteiger partial charge in [0.15, 0.2) is 0 Å². The van der Waals surface area contributed by atoms with Crippen molar-refractivity contribution in [2.24, 2.45) is 0 Å². The highest BCUT2D eigenvalue weighted by Crippen LogP contribution is 2.18. The molecule has 0 aliphatic carbocycles. The number of nitrogens with zero attached hydrogens (tertiary/aromatic N) is 1. The van der Waals surface area contributed by atoms with Crippen molar-refractivity contribution in [2.75, 3.05) is 13.6 Å². The molecule has 2 heteroatoms. The number of hydrogen-bond acceptors (Lipinski definition) is 2. The predicted molar refractivity (Wildman–Crippen MR) is 78.8 cm³/mol. The van der Waals surface area contributed by atoms with Crippen LogP contribution in [0.1, 0.15) is 6.92 Å². The molecule has 0 saturated heterocycles. The molecule has 2 nitrogen and oxygen atoms in total. The third kappa shape index (κ3) is 2.84. The van der Waals surface area contributed by atoms with Crippen molar-refractivity contribution in [1.29, 1.82) is 0 Å². The van der Waals surface area contributed by atoms with Crippen molar-refractivity contribution in [3.63, 3.8) is 0 Å². The number of rotatable bonds is 1. The maximum Gasteiger partial charge on any atom is 0.0709 e. The van der Waals surface area contributed by atoms with Crippen LogP contribution in [0, 0.1) is 0 Å². The maximum absolute atomic E-state index is 4.58. The molecular formula is C16H18N2. The molecule has 0 saturated carbocycles. The summed E-state index contributed by atoms with van der Waals surface area (Å²) in [6, 6.07) is 18.6. The van der Waals surface area contributed by atoms with Crippen molar-refractivity contribution in [3.05, 3.63) is 54.6 Å². The predicted octanol–water partition coefficient (Wildman–Crippen LogP) is 3.61. The van der Waals surface area contributed by atoms with E-state index in [1.54, 1.807) is 0 Å². The Balaban J connectivity index is 0.000000267. The molecule has 0 aliphatic rings. The van der Waals surface area contributed by atoms with E-state index >= 15 is 0 Å². The quantitative estimate of drug-likeness (QED) is 0.655. The molecule has 3 aromatic rings. The smallest absolute Gasteiger partial charge is 0.0709 e. The lowest BCUT2D eigenvalue weighted by Crippen LogP contribution is -2.01. The largest absolute Gasteiger partial charge is 0.320 e. The van der Waals surface area contributed by atoms with E-state index in [2.05, 4.69) is 35.4 Å². The van der Waals surface area contributed by atoms with Crippen LogP contribution in [0.4, 0.5) is 0 Å². The van der Waals surface area contributed by atoms with E-state index in [0.29, 0.717) is 0 Å². The topological polar surface area (TPSA) is 24.9 Å². The van der Waals surface area contributed by atoms with Gasteiger partial charge in [-0.1, -0.05) is 43.3 Å². The van der Waals surface area contributed by atoms with Gasteiger partial charge in [-0.05, 0) is 31.8 Å². The van der Waals surface area contributed by atoms with Gasteiger partial charge in [-0.3, -0.25) is 0 Å². The second-order valence-electron chi connectivity index (χ2n) is 4.08. The lowest BCUT2D eigenvalue weighted by molar-refractivity contribution is 0.864. The summed E-state index contributed by atoms with van der Waals surface area (Å²) in [5.74, 6) is 0. The van der Waals surface area contributed by atoms with Gasteiger partial charge in [0.2, 0.25) is 0 Å². The number of para-hydroxylation sites is 2. The molecule has 0 unspecified atom stereocenters. The fraction of sp³-hybridized carbons (Fsp3) is 0.188. The van der Waals surface area contributed by atoms with Crippen LogP contribution in [-0.2, 0) is 0 Å². The molecule has 0 atom stereocenters. The molecule has 0 fully saturated rings. The number of fused-ring (bicyclic) bond motifs is 2. The normalized spacial score (nSPS) is 10.1. The average Bonchev–Trinajstić information content (AvgIpc) is 2.45. The van der Waals surface area contributed by atoms with Gasteiger partial charge in [0.05, 0.1) is 11.0 Å². The zero-order valence-corrected chi connectivity index (χ0v) is 10.9. The molecule has 92 valence electrons. The van der Waals surface area contributed by atoms with E-state index in [-0.39, 0.29) is 0 Å². The van der Waals surface area contributed by atoms with Crippen molar-refractivity contribution >= 4 is 21.8 Å². The highest BCUT2D eigenvalue weighted by molar-refractivity contribution is 5.92. The number of nitrogens with one attached hydrogen (secondary N) is 1. The molecule has 0 radical (unpaired) electrons. The Labute approximate surface area is 108 Å². The number of pyridine rings is 1. The summed E-state index contributed by atoms with van der Waals surface area (Å²) in [5, 5.41) is 5.33. The molecule has 3 rings (SSSR count). The first-order valence-electron chi connectivity index (χ1n) is 6.24. The summed E-state index contributed by atoms with van der Waals surface area (Å²) >= 11 is 0. The average molecular weight is 238 g/mol. The summed E-state index contributed by atoms with van der Waals surface area (Å²) in [5.41, 5.74) is 2.12. The Hall–Kier alpha value is -1.93. The van der Waals surface area contributed by atoms with Crippen LogP contribution >= 0.6 is 0 Å². The third-order valence-corrected chi connectivity index (χ3v) is 2.78. The molecule has 1 aromatic heterocycles. The zero-order valence-electron chi connectivity index (χ0n) is 10.9. The fourth-order valence-electron chi connectivity index (χ4n) is 1.72.